The number of fused-ring (bicyclic) bond motifs is 2. The molecule has 3 aromatic rings. The normalized spacial score (nSPS) is 12.0. The van der Waals surface area contributed by atoms with Gasteiger partial charge in [0.2, 0.25) is 0 Å². The second kappa shape index (κ2) is 8.49. The Kier molecular flexibility index (Phi) is 5.62. The van der Waals surface area contributed by atoms with E-state index in [-0.39, 0.29) is 6.03 Å². The number of nitrogens with zero attached hydrogens (tertiary/aromatic N) is 1. The molecule has 5 nitrogen and oxygen atoms in total. The fourth-order valence-electron chi connectivity index (χ4n) is 3.35. The Bertz CT molecular complexity index is 993. The maximum absolute atomic E-state index is 13.1. The lowest BCUT2D eigenvalue weighted by molar-refractivity contribution is 0.248. The van der Waals surface area contributed by atoms with Crippen molar-refractivity contribution in [1.82, 2.24) is 5.32 Å². The molecule has 0 aromatic heterocycles. The third-order valence-electron chi connectivity index (χ3n) is 4.77. The Morgan fingerprint density at radius 1 is 0.897 bits per heavy atom. The zero-order valence-corrected chi connectivity index (χ0v) is 17.2. The summed E-state index contributed by atoms with van der Waals surface area (Å²) in [5.41, 5.74) is 2.87. The fraction of sp³-hybridized carbons (Fsp3) is 0.174. The highest BCUT2D eigenvalue weighted by atomic mass is 32.2. The highest BCUT2D eigenvalue weighted by Crippen LogP contribution is 2.47. The van der Waals surface area contributed by atoms with E-state index in [4.69, 9.17) is 9.47 Å². The van der Waals surface area contributed by atoms with E-state index in [9.17, 15) is 4.79 Å². The van der Waals surface area contributed by atoms with Crippen molar-refractivity contribution in [2.75, 3.05) is 25.7 Å². The lowest BCUT2D eigenvalue weighted by Crippen LogP contribution is -2.39. The largest absolute Gasteiger partial charge is 0.493 e. The van der Waals surface area contributed by atoms with Crippen molar-refractivity contribution >= 4 is 29.2 Å². The molecule has 4 rings (SSSR count). The summed E-state index contributed by atoms with van der Waals surface area (Å²) in [6.07, 6.45) is 0.692. The standard InChI is InChI=1S/C23H22N2O3S/c1-27-19-12-11-16(15-20(19)28-2)13-14-24-23(26)25-17-7-3-5-9-21(17)29-22-10-6-4-8-18(22)25/h3-12,15H,13-14H2,1-2H3,(H,24,26). The van der Waals surface area contributed by atoms with Crippen molar-refractivity contribution in [3.63, 3.8) is 0 Å². The molecule has 148 valence electrons. The molecule has 1 N–H and O–H groups in total. The van der Waals surface area contributed by atoms with Gasteiger partial charge in [-0.05, 0) is 48.4 Å². The molecule has 1 aliphatic heterocycles. The molecular formula is C23H22N2O3S. The molecule has 0 bridgehead atoms. The number of hydrogen-bond donors (Lipinski definition) is 1. The smallest absolute Gasteiger partial charge is 0.326 e. The van der Waals surface area contributed by atoms with Gasteiger partial charge in [0, 0.05) is 16.3 Å². The average Bonchev–Trinajstić information content (AvgIpc) is 2.77. The van der Waals surface area contributed by atoms with Crippen LogP contribution in [0.4, 0.5) is 16.2 Å². The summed E-state index contributed by atoms with van der Waals surface area (Å²) in [6, 6.07) is 21.6. The molecule has 3 aromatic carbocycles. The van der Waals surface area contributed by atoms with Gasteiger partial charge in [0.25, 0.3) is 0 Å². The number of carbonyl (C=O) groups is 1. The maximum atomic E-state index is 13.1. The third kappa shape index (κ3) is 3.89. The maximum Gasteiger partial charge on any atom is 0.326 e. The topological polar surface area (TPSA) is 50.8 Å². The van der Waals surface area contributed by atoms with Crippen LogP contribution in [0.2, 0.25) is 0 Å². The highest BCUT2D eigenvalue weighted by Gasteiger charge is 2.27. The van der Waals surface area contributed by atoms with Crippen LogP contribution < -0.4 is 19.7 Å². The Balaban J connectivity index is 1.49. The van der Waals surface area contributed by atoms with E-state index in [2.05, 4.69) is 5.32 Å². The summed E-state index contributed by atoms with van der Waals surface area (Å²) in [7, 11) is 3.23. The van der Waals surface area contributed by atoms with Crippen molar-refractivity contribution in [2.45, 2.75) is 16.2 Å². The molecule has 29 heavy (non-hydrogen) atoms. The number of methoxy groups -OCH3 is 2. The van der Waals surface area contributed by atoms with Crippen LogP contribution in [0.15, 0.2) is 76.5 Å². The number of ether oxygens (including phenoxy) is 2. The Morgan fingerprint density at radius 2 is 1.52 bits per heavy atom. The van der Waals surface area contributed by atoms with E-state index in [1.54, 1.807) is 30.9 Å². The van der Waals surface area contributed by atoms with Crippen LogP contribution in [0.3, 0.4) is 0 Å². The molecule has 0 atom stereocenters. The Hall–Kier alpha value is -3.12. The first-order chi connectivity index (χ1) is 14.2. The van der Waals surface area contributed by atoms with E-state index in [1.165, 1.54) is 0 Å². The van der Waals surface area contributed by atoms with Crippen LogP contribution >= 0.6 is 11.8 Å². The fourth-order valence-corrected chi connectivity index (χ4v) is 4.41. The number of anilines is 2. The number of hydrogen-bond acceptors (Lipinski definition) is 4. The summed E-state index contributed by atoms with van der Waals surface area (Å²) in [6.45, 7) is 0.516. The van der Waals surface area contributed by atoms with Gasteiger partial charge in [0.05, 0.1) is 25.6 Å². The number of benzene rings is 3. The number of para-hydroxylation sites is 2. The minimum atomic E-state index is -0.134. The quantitative estimate of drug-likeness (QED) is 0.628. The lowest BCUT2D eigenvalue weighted by atomic mass is 10.1. The third-order valence-corrected chi connectivity index (χ3v) is 5.90. The molecule has 0 saturated carbocycles. The molecule has 0 radical (unpaired) electrons. The van der Waals surface area contributed by atoms with Gasteiger partial charge in [-0.3, -0.25) is 4.90 Å². The van der Waals surface area contributed by atoms with Crippen molar-refractivity contribution < 1.29 is 14.3 Å². The summed E-state index contributed by atoms with van der Waals surface area (Å²) < 4.78 is 10.6. The number of carbonyl (C=O) groups excluding carboxylic acids is 1. The second-order valence-corrected chi connectivity index (χ2v) is 7.63. The van der Waals surface area contributed by atoms with Gasteiger partial charge in [-0.2, -0.15) is 0 Å². The van der Waals surface area contributed by atoms with Gasteiger partial charge in [-0.1, -0.05) is 42.1 Å². The van der Waals surface area contributed by atoms with Crippen molar-refractivity contribution in [1.29, 1.82) is 0 Å². The lowest BCUT2D eigenvalue weighted by Gasteiger charge is -2.31. The molecule has 2 amide bonds. The first kappa shape index (κ1) is 19.2. The summed E-state index contributed by atoms with van der Waals surface area (Å²) >= 11 is 1.68. The van der Waals surface area contributed by atoms with Gasteiger partial charge in [0.1, 0.15) is 0 Å². The van der Waals surface area contributed by atoms with Gasteiger partial charge in [0.15, 0.2) is 11.5 Å². The van der Waals surface area contributed by atoms with Gasteiger partial charge in [-0.25, -0.2) is 4.79 Å². The second-order valence-electron chi connectivity index (χ2n) is 6.54. The first-order valence-corrected chi connectivity index (χ1v) is 10.2. The molecule has 0 spiro atoms. The minimum Gasteiger partial charge on any atom is -0.493 e. The van der Waals surface area contributed by atoms with Gasteiger partial charge in [-0.15, -0.1) is 0 Å². The van der Waals surface area contributed by atoms with Gasteiger partial charge < -0.3 is 14.8 Å². The number of urea groups is 1. The van der Waals surface area contributed by atoms with Gasteiger partial charge >= 0.3 is 6.03 Å². The summed E-state index contributed by atoms with van der Waals surface area (Å²) in [4.78, 5) is 17.0. The van der Waals surface area contributed by atoms with Crippen molar-refractivity contribution in [3.8, 4) is 11.5 Å². The van der Waals surface area contributed by atoms with E-state index >= 15 is 0 Å². The summed E-state index contributed by atoms with van der Waals surface area (Å²) in [5, 5.41) is 3.05. The summed E-state index contributed by atoms with van der Waals surface area (Å²) in [5.74, 6) is 1.38. The molecule has 0 aliphatic carbocycles. The van der Waals surface area contributed by atoms with Crippen molar-refractivity contribution in [2.24, 2.45) is 0 Å². The molecule has 0 unspecified atom stereocenters. The van der Waals surface area contributed by atoms with Crippen LogP contribution in [0.25, 0.3) is 0 Å². The molecule has 0 saturated heterocycles. The zero-order valence-electron chi connectivity index (χ0n) is 16.3. The number of rotatable bonds is 5. The molecule has 6 heteroatoms. The predicted molar refractivity (Wildman–Crippen MR) is 116 cm³/mol. The monoisotopic (exact) mass is 406 g/mol. The first-order valence-electron chi connectivity index (χ1n) is 9.36. The SMILES string of the molecule is COc1ccc(CCNC(=O)N2c3ccccc3Sc3ccccc32)cc1OC. The zero-order chi connectivity index (χ0) is 20.2. The van der Waals surface area contributed by atoms with E-state index < -0.39 is 0 Å². The van der Waals surface area contributed by atoms with Crippen LogP contribution in [0.1, 0.15) is 5.56 Å². The van der Waals surface area contributed by atoms with Crippen molar-refractivity contribution in [3.05, 3.63) is 72.3 Å². The Labute approximate surface area is 174 Å². The predicted octanol–water partition coefficient (Wildman–Crippen LogP) is 5.26. The van der Waals surface area contributed by atoms with Crippen LogP contribution in [0, 0.1) is 0 Å². The van der Waals surface area contributed by atoms with Crippen LogP contribution in [-0.2, 0) is 6.42 Å². The van der Waals surface area contributed by atoms with E-state index in [0.29, 0.717) is 24.5 Å². The molecular weight excluding hydrogens is 384 g/mol. The molecule has 1 aliphatic rings. The molecule has 0 fully saturated rings. The molecule has 1 heterocycles. The van der Waals surface area contributed by atoms with E-state index in [0.717, 1.165) is 26.7 Å². The van der Waals surface area contributed by atoms with E-state index in [1.807, 2.05) is 66.7 Å². The minimum absolute atomic E-state index is 0.134. The number of nitrogens with one attached hydrogen (secondary N) is 1. The van der Waals surface area contributed by atoms with Crippen LogP contribution in [0.5, 0.6) is 11.5 Å². The Morgan fingerprint density at radius 3 is 2.14 bits per heavy atom. The average molecular weight is 407 g/mol. The van der Waals surface area contributed by atoms with Crippen LogP contribution in [-0.4, -0.2) is 26.8 Å². The number of amides is 2. The highest BCUT2D eigenvalue weighted by molar-refractivity contribution is 7.99.